The van der Waals surface area contributed by atoms with E-state index in [-0.39, 0.29) is 0 Å². The molecular formula is C18H30N2O2S. The van der Waals surface area contributed by atoms with Crippen LogP contribution in [0.2, 0.25) is 0 Å². The van der Waals surface area contributed by atoms with Crippen LogP contribution in [0.1, 0.15) is 38.2 Å². The maximum atomic E-state index is 12.1. The number of benzene rings is 1. The van der Waals surface area contributed by atoms with Crippen LogP contribution in [-0.2, 0) is 9.84 Å². The average molecular weight is 339 g/mol. The van der Waals surface area contributed by atoms with Crippen molar-refractivity contribution in [3.8, 4) is 0 Å². The van der Waals surface area contributed by atoms with Gasteiger partial charge in [-0.15, -0.1) is 0 Å². The standard InChI is InChI=1S/C18H30N2O2S/c1-3-12-19-13-4-5-14-20-15-6-7-16-23(21,22)18-10-8-17(2)9-11-18/h7-11,16,19-20H,3-6,12-15H2,1-2H3. The summed E-state index contributed by atoms with van der Waals surface area (Å²) < 4.78 is 24.2. The van der Waals surface area contributed by atoms with Gasteiger partial charge in [-0.05, 0) is 70.9 Å². The van der Waals surface area contributed by atoms with Crippen molar-refractivity contribution in [3.05, 3.63) is 41.3 Å². The summed E-state index contributed by atoms with van der Waals surface area (Å²) in [5, 5.41) is 8.03. The van der Waals surface area contributed by atoms with E-state index in [1.807, 2.05) is 19.1 Å². The molecule has 0 radical (unpaired) electrons. The third-order valence-electron chi connectivity index (χ3n) is 3.50. The summed E-state index contributed by atoms with van der Waals surface area (Å²) in [5.41, 5.74) is 1.06. The van der Waals surface area contributed by atoms with Crippen molar-refractivity contribution in [3.63, 3.8) is 0 Å². The molecule has 5 heteroatoms. The molecule has 1 aromatic rings. The second-order valence-electron chi connectivity index (χ2n) is 5.73. The van der Waals surface area contributed by atoms with Gasteiger partial charge < -0.3 is 10.6 Å². The molecule has 2 N–H and O–H groups in total. The van der Waals surface area contributed by atoms with E-state index in [0.717, 1.165) is 44.6 Å². The highest BCUT2D eigenvalue weighted by Gasteiger charge is 2.08. The molecule has 0 spiro atoms. The Hall–Kier alpha value is -1.17. The summed E-state index contributed by atoms with van der Waals surface area (Å²) in [5.74, 6) is 0. The smallest absolute Gasteiger partial charge is 0.199 e. The van der Waals surface area contributed by atoms with Gasteiger partial charge in [0.25, 0.3) is 0 Å². The lowest BCUT2D eigenvalue weighted by atomic mass is 10.2. The van der Waals surface area contributed by atoms with Gasteiger partial charge in [0.05, 0.1) is 4.90 Å². The van der Waals surface area contributed by atoms with Gasteiger partial charge in [-0.25, -0.2) is 8.42 Å². The fourth-order valence-electron chi connectivity index (χ4n) is 2.11. The number of aryl methyl sites for hydroxylation is 1. The summed E-state index contributed by atoms with van der Waals surface area (Å²) in [7, 11) is -3.30. The van der Waals surface area contributed by atoms with Crippen molar-refractivity contribution in [1.82, 2.24) is 10.6 Å². The van der Waals surface area contributed by atoms with Crippen LogP contribution in [0, 0.1) is 6.92 Å². The van der Waals surface area contributed by atoms with Crippen LogP contribution in [0.4, 0.5) is 0 Å². The maximum absolute atomic E-state index is 12.1. The molecule has 4 nitrogen and oxygen atoms in total. The Morgan fingerprint density at radius 1 is 0.957 bits per heavy atom. The molecular weight excluding hydrogens is 308 g/mol. The van der Waals surface area contributed by atoms with Crippen LogP contribution in [0.3, 0.4) is 0 Å². The van der Waals surface area contributed by atoms with E-state index in [2.05, 4.69) is 17.6 Å². The van der Waals surface area contributed by atoms with Crippen LogP contribution in [0.15, 0.2) is 40.6 Å². The zero-order valence-electron chi connectivity index (χ0n) is 14.3. The number of hydrogen-bond acceptors (Lipinski definition) is 4. The highest BCUT2D eigenvalue weighted by atomic mass is 32.2. The molecule has 1 rings (SSSR count). The topological polar surface area (TPSA) is 58.2 Å². The Labute approximate surface area is 141 Å². The average Bonchev–Trinajstić information content (AvgIpc) is 2.53. The van der Waals surface area contributed by atoms with Gasteiger partial charge in [0, 0.05) is 5.41 Å². The molecule has 1 aromatic carbocycles. The van der Waals surface area contributed by atoms with Gasteiger partial charge in [-0.1, -0.05) is 30.7 Å². The summed E-state index contributed by atoms with van der Waals surface area (Å²) in [4.78, 5) is 0.354. The monoisotopic (exact) mass is 338 g/mol. The highest BCUT2D eigenvalue weighted by molar-refractivity contribution is 7.94. The van der Waals surface area contributed by atoms with Crippen LogP contribution >= 0.6 is 0 Å². The Morgan fingerprint density at radius 2 is 1.57 bits per heavy atom. The van der Waals surface area contributed by atoms with Crippen LogP contribution in [-0.4, -0.2) is 34.6 Å². The molecule has 0 bridgehead atoms. The van der Waals surface area contributed by atoms with Crippen molar-refractivity contribution in [2.45, 2.75) is 44.4 Å². The second-order valence-corrected chi connectivity index (χ2v) is 7.56. The van der Waals surface area contributed by atoms with E-state index in [1.165, 1.54) is 18.2 Å². The van der Waals surface area contributed by atoms with Gasteiger partial charge in [0.1, 0.15) is 0 Å². The van der Waals surface area contributed by atoms with Crippen molar-refractivity contribution < 1.29 is 8.42 Å². The van der Waals surface area contributed by atoms with Crippen molar-refractivity contribution in [1.29, 1.82) is 0 Å². The number of rotatable bonds is 12. The third kappa shape index (κ3) is 8.89. The molecule has 23 heavy (non-hydrogen) atoms. The lowest BCUT2D eigenvalue weighted by molar-refractivity contribution is 0.582. The minimum atomic E-state index is -3.30. The van der Waals surface area contributed by atoms with E-state index >= 15 is 0 Å². The Morgan fingerprint density at radius 3 is 2.17 bits per heavy atom. The van der Waals surface area contributed by atoms with E-state index in [0.29, 0.717) is 4.90 Å². The van der Waals surface area contributed by atoms with Crippen LogP contribution in [0.5, 0.6) is 0 Å². The molecule has 0 aliphatic rings. The normalized spacial score (nSPS) is 12.1. The van der Waals surface area contributed by atoms with Gasteiger partial charge in [-0.2, -0.15) is 0 Å². The minimum Gasteiger partial charge on any atom is -0.317 e. The van der Waals surface area contributed by atoms with E-state index in [4.69, 9.17) is 0 Å². The second kappa shape index (κ2) is 11.4. The predicted octanol–water partition coefficient (Wildman–Crippen LogP) is 3.04. The molecule has 0 fully saturated rings. The highest BCUT2D eigenvalue weighted by Crippen LogP contribution is 2.13. The van der Waals surface area contributed by atoms with Gasteiger partial charge in [-0.3, -0.25) is 0 Å². The quantitative estimate of drug-likeness (QED) is 0.575. The van der Waals surface area contributed by atoms with Crippen molar-refractivity contribution in [2.24, 2.45) is 0 Å². The summed E-state index contributed by atoms with van der Waals surface area (Å²) in [6, 6.07) is 6.94. The lowest BCUT2D eigenvalue weighted by Crippen LogP contribution is -2.20. The molecule has 0 aliphatic heterocycles. The first-order chi connectivity index (χ1) is 11.1. The first-order valence-electron chi connectivity index (χ1n) is 8.46. The van der Waals surface area contributed by atoms with E-state index < -0.39 is 9.84 Å². The molecule has 0 saturated carbocycles. The third-order valence-corrected chi connectivity index (χ3v) is 4.98. The molecule has 0 heterocycles. The molecule has 130 valence electrons. The van der Waals surface area contributed by atoms with E-state index in [1.54, 1.807) is 18.2 Å². The van der Waals surface area contributed by atoms with Crippen LogP contribution in [0.25, 0.3) is 0 Å². The predicted molar refractivity (Wildman–Crippen MR) is 97.4 cm³/mol. The zero-order valence-corrected chi connectivity index (χ0v) is 15.2. The van der Waals surface area contributed by atoms with Gasteiger partial charge in [0.15, 0.2) is 9.84 Å². The fraction of sp³-hybridized carbons (Fsp3) is 0.556. The summed E-state index contributed by atoms with van der Waals surface area (Å²) in [6.07, 6.45) is 5.94. The number of unbranched alkanes of at least 4 members (excludes halogenated alkanes) is 1. The Bertz CT molecular complexity index is 551. The summed E-state index contributed by atoms with van der Waals surface area (Å²) in [6.45, 7) is 8.06. The SMILES string of the molecule is CCCNCCCCNCCC=CS(=O)(=O)c1ccc(C)cc1. The lowest BCUT2D eigenvalue weighted by Gasteiger charge is -2.04. The molecule has 0 aliphatic carbocycles. The van der Waals surface area contributed by atoms with Gasteiger partial charge in [0.2, 0.25) is 0 Å². The number of hydrogen-bond donors (Lipinski definition) is 2. The maximum Gasteiger partial charge on any atom is 0.199 e. The first kappa shape index (κ1) is 19.9. The summed E-state index contributed by atoms with van der Waals surface area (Å²) >= 11 is 0. The Kier molecular flexibility index (Phi) is 9.83. The fourth-order valence-corrected chi connectivity index (χ4v) is 3.18. The first-order valence-corrected chi connectivity index (χ1v) is 10.0. The number of sulfone groups is 1. The minimum absolute atomic E-state index is 0.354. The van der Waals surface area contributed by atoms with Crippen molar-refractivity contribution >= 4 is 9.84 Å². The Balaban J connectivity index is 2.15. The number of nitrogens with one attached hydrogen (secondary N) is 2. The molecule has 0 atom stereocenters. The van der Waals surface area contributed by atoms with Crippen molar-refractivity contribution in [2.75, 3.05) is 26.2 Å². The largest absolute Gasteiger partial charge is 0.317 e. The van der Waals surface area contributed by atoms with Crippen LogP contribution < -0.4 is 10.6 Å². The molecule has 0 amide bonds. The molecule has 0 saturated heterocycles. The van der Waals surface area contributed by atoms with E-state index in [9.17, 15) is 8.42 Å². The zero-order chi connectivity index (χ0) is 17.0. The molecule has 0 aromatic heterocycles. The van der Waals surface area contributed by atoms with Gasteiger partial charge >= 0.3 is 0 Å². The molecule has 0 unspecified atom stereocenters.